The van der Waals surface area contributed by atoms with Crippen molar-refractivity contribution < 1.29 is 9.90 Å². The van der Waals surface area contributed by atoms with Crippen molar-refractivity contribution in [3.63, 3.8) is 0 Å². The van der Waals surface area contributed by atoms with Crippen LogP contribution in [0.5, 0.6) is 0 Å². The van der Waals surface area contributed by atoms with Crippen molar-refractivity contribution in [1.29, 1.82) is 0 Å². The molecule has 0 saturated heterocycles. The van der Waals surface area contributed by atoms with Crippen LogP contribution < -0.4 is 10.9 Å². The fourth-order valence-electron chi connectivity index (χ4n) is 2.43. The number of rotatable bonds is 6. The van der Waals surface area contributed by atoms with Gasteiger partial charge in [-0.05, 0) is 31.4 Å². The molecule has 118 valence electrons. The second kappa shape index (κ2) is 7.17. The van der Waals surface area contributed by atoms with Crippen LogP contribution in [0.4, 0.5) is 0 Å². The first-order valence-electron chi connectivity index (χ1n) is 7.36. The first kappa shape index (κ1) is 16.2. The van der Waals surface area contributed by atoms with Gasteiger partial charge in [-0.15, -0.1) is 0 Å². The summed E-state index contributed by atoms with van der Waals surface area (Å²) < 4.78 is 1.41. The van der Waals surface area contributed by atoms with E-state index >= 15 is 0 Å². The molecule has 1 aromatic carbocycles. The first-order valence-corrected chi connectivity index (χ1v) is 7.36. The molecule has 1 aromatic heterocycles. The lowest BCUT2D eigenvalue weighted by Gasteiger charge is -2.15. The predicted octanol–water partition coefficient (Wildman–Crippen LogP) is 0.920. The number of aliphatic hydroxyl groups is 1. The summed E-state index contributed by atoms with van der Waals surface area (Å²) >= 11 is 0. The molecule has 2 N–H and O–H groups in total. The van der Waals surface area contributed by atoms with Gasteiger partial charge < -0.3 is 10.4 Å². The number of fused-ring (bicyclic) bond motifs is 1. The Labute approximate surface area is 128 Å². The molecule has 2 atom stereocenters. The molecule has 22 heavy (non-hydrogen) atoms. The molecule has 2 rings (SSSR count). The van der Waals surface area contributed by atoms with Gasteiger partial charge in [0.25, 0.3) is 5.56 Å². The van der Waals surface area contributed by atoms with E-state index in [1.807, 2.05) is 19.1 Å². The number of amides is 1. The fraction of sp³-hybridized carbons (Fsp3) is 0.438. The zero-order valence-electron chi connectivity index (χ0n) is 12.8. The number of aliphatic hydroxyl groups excluding tert-OH is 1. The van der Waals surface area contributed by atoms with Gasteiger partial charge in [-0.1, -0.05) is 19.1 Å². The summed E-state index contributed by atoms with van der Waals surface area (Å²) in [6.07, 6.45) is 1.46. The third-order valence-electron chi connectivity index (χ3n) is 3.45. The summed E-state index contributed by atoms with van der Waals surface area (Å²) in [5.74, 6) is -0.0502. The van der Waals surface area contributed by atoms with E-state index in [1.165, 1.54) is 10.8 Å². The van der Waals surface area contributed by atoms with Gasteiger partial charge in [-0.25, -0.2) is 4.98 Å². The third-order valence-corrected chi connectivity index (χ3v) is 3.45. The van der Waals surface area contributed by atoms with E-state index in [0.29, 0.717) is 24.0 Å². The van der Waals surface area contributed by atoms with Crippen LogP contribution in [-0.4, -0.2) is 33.2 Å². The molecule has 6 heteroatoms. The Kier molecular flexibility index (Phi) is 5.27. The van der Waals surface area contributed by atoms with Gasteiger partial charge >= 0.3 is 0 Å². The Balaban J connectivity index is 2.06. The van der Waals surface area contributed by atoms with Gasteiger partial charge in [0, 0.05) is 6.54 Å². The second-order valence-electron chi connectivity index (χ2n) is 5.67. The molecule has 0 radical (unpaired) electrons. The molecule has 0 spiro atoms. The van der Waals surface area contributed by atoms with Crippen molar-refractivity contribution in [1.82, 2.24) is 14.9 Å². The van der Waals surface area contributed by atoms with Crippen LogP contribution >= 0.6 is 0 Å². The van der Waals surface area contributed by atoms with Crippen LogP contribution in [0.15, 0.2) is 35.3 Å². The van der Waals surface area contributed by atoms with Gasteiger partial charge in [-0.3, -0.25) is 14.2 Å². The van der Waals surface area contributed by atoms with Crippen LogP contribution in [0.2, 0.25) is 0 Å². The molecule has 2 unspecified atom stereocenters. The molecule has 0 fully saturated rings. The summed E-state index contributed by atoms with van der Waals surface area (Å²) in [6, 6.07) is 7.21. The number of aromatic nitrogens is 2. The monoisotopic (exact) mass is 303 g/mol. The standard InChI is InChI=1S/C16H21N3O3/c1-11(7-12(2)20)8-18-15(21)10-19-14-6-4-3-5-13(14)17-9-16(19)22/h3-6,9,11-12,20H,7-8,10H2,1-2H3,(H,18,21). The Morgan fingerprint density at radius 3 is 2.82 bits per heavy atom. The van der Waals surface area contributed by atoms with Crippen molar-refractivity contribution in [2.24, 2.45) is 5.92 Å². The Hall–Kier alpha value is -2.21. The van der Waals surface area contributed by atoms with Gasteiger partial charge in [0.05, 0.1) is 23.3 Å². The lowest BCUT2D eigenvalue weighted by molar-refractivity contribution is -0.121. The number of hydrogen-bond acceptors (Lipinski definition) is 4. The van der Waals surface area contributed by atoms with Gasteiger partial charge in [0.1, 0.15) is 6.54 Å². The maximum Gasteiger partial charge on any atom is 0.269 e. The average molecular weight is 303 g/mol. The number of hydrogen-bond donors (Lipinski definition) is 2. The lowest BCUT2D eigenvalue weighted by Crippen LogP contribution is -2.35. The summed E-state index contributed by atoms with van der Waals surface area (Å²) in [5.41, 5.74) is 1.02. The topological polar surface area (TPSA) is 84.2 Å². The molecular weight excluding hydrogens is 282 g/mol. The van der Waals surface area contributed by atoms with E-state index in [4.69, 9.17) is 0 Å². The maximum absolute atomic E-state index is 12.0. The van der Waals surface area contributed by atoms with Crippen molar-refractivity contribution in [2.45, 2.75) is 32.9 Å². The van der Waals surface area contributed by atoms with E-state index in [2.05, 4.69) is 10.3 Å². The van der Waals surface area contributed by atoms with Crippen LogP contribution in [-0.2, 0) is 11.3 Å². The molecule has 0 aliphatic carbocycles. The first-order chi connectivity index (χ1) is 10.5. The zero-order chi connectivity index (χ0) is 16.1. The summed E-state index contributed by atoms with van der Waals surface area (Å²) in [5, 5.41) is 12.1. The molecule has 0 aliphatic rings. The molecule has 2 aromatic rings. The highest BCUT2D eigenvalue weighted by molar-refractivity contribution is 5.79. The molecule has 0 saturated carbocycles. The van der Waals surface area contributed by atoms with E-state index < -0.39 is 6.10 Å². The van der Waals surface area contributed by atoms with Crippen molar-refractivity contribution in [2.75, 3.05) is 6.54 Å². The lowest BCUT2D eigenvalue weighted by atomic mass is 10.0. The Bertz CT molecular complexity index is 709. The SMILES string of the molecule is CC(O)CC(C)CNC(=O)Cn1c(=O)cnc2ccccc21. The van der Waals surface area contributed by atoms with Gasteiger partial charge in [0.2, 0.25) is 5.91 Å². The largest absolute Gasteiger partial charge is 0.393 e. The van der Waals surface area contributed by atoms with E-state index in [1.54, 1.807) is 19.1 Å². The second-order valence-corrected chi connectivity index (χ2v) is 5.67. The minimum atomic E-state index is -0.390. The van der Waals surface area contributed by atoms with Crippen molar-refractivity contribution >= 4 is 16.9 Å². The predicted molar refractivity (Wildman–Crippen MR) is 84.5 cm³/mol. The smallest absolute Gasteiger partial charge is 0.269 e. The number of para-hydroxylation sites is 2. The maximum atomic E-state index is 12.0. The minimum absolute atomic E-state index is 0.0384. The number of nitrogens with zero attached hydrogens (tertiary/aromatic N) is 2. The van der Waals surface area contributed by atoms with E-state index in [-0.39, 0.29) is 23.9 Å². The minimum Gasteiger partial charge on any atom is -0.393 e. The highest BCUT2D eigenvalue weighted by Crippen LogP contribution is 2.08. The number of nitrogens with one attached hydrogen (secondary N) is 1. The van der Waals surface area contributed by atoms with Gasteiger partial charge in [0.15, 0.2) is 0 Å². The summed E-state index contributed by atoms with van der Waals surface area (Å²) in [7, 11) is 0. The van der Waals surface area contributed by atoms with Crippen LogP contribution in [0, 0.1) is 5.92 Å². The molecule has 0 bridgehead atoms. The Morgan fingerprint density at radius 1 is 1.36 bits per heavy atom. The molecule has 1 amide bonds. The van der Waals surface area contributed by atoms with Crippen molar-refractivity contribution in [3.05, 3.63) is 40.8 Å². The van der Waals surface area contributed by atoms with E-state index in [0.717, 1.165) is 0 Å². The number of benzene rings is 1. The van der Waals surface area contributed by atoms with E-state index in [9.17, 15) is 14.7 Å². The Morgan fingerprint density at radius 2 is 2.09 bits per heavy atom. The summed E-state index contributed by atoms with van der Waals surface area (Å²) in [4.78, 5) is 28.0. The highest BCUT2D eigenvalue weighted by atomic mass is 16.3. The normalized spacial score (nSPS) is 13.8. The van der Waals surface area contributed by atoms with Crippen LogP contribution in [0.3, 0.4) is 0 Å². The van der Waals surface area contributed by atoms with Crippen LogP contribution in [0.25, 0.3) is 11.0 Å². The molecule has 1 heterocycles. The summed E-state index contributed by atoms with van der Waals surface area (Å²) in [6.45, 7) is 4.12. The molecular formula is C16H21N3O3. The zero-order valence-corrected chi connectivity index (χ0v) is 12.8. The van der Waals surface area contributed by atoms with Crippen LogP contribution in [0.1, 0.15) is 20.3 Å². The quantitative estimate of drug-likeness (QED) is 0.831. The average Bonchev–Trinajstić information content (AvgIpc) is 2.47. The highest BCUT2D eigenvalue weighted by Gasteiger charge is 2.11. The third kappa shape index (κ3) is 4.14. The molecule has 6 nitrogen and oxygen atoms in total. The number of carbonyl (C=O) groups excluding carboxylic acids is 1. The van der Waals surface area contributed by atoms with Gasteiger partial charge in [-0.2, -0.15) is 0 Å². The van der Waals surface area contributed by atoms with Crippen molar-refractivity contribution in [3.8, 4) is 0 Å². The number of carbonyl (C=O) groups is 1. The fourth-order valence-corrected chi connectivity index (χ4v) is 2.43. The molecule has 0 aliphatic heterocycles.